The van der Waals surface area contributed by atoms with E-state index in [1.807, 2.05) is 6.07 Å². The van der Waals surface area contributed by atoms with E-state index in [0.29, 0.717) is 0 Å². The van der Waals surface area contributed by atoms with Gasteiger partial charge in [0.05, 0.1) is 17.0 Å². The summed E-state index contributed by atoms with van der Waals surface area (Å²) in [5.41, 5.74) is 5.33. The Hall–Kier alpha value is -3.72. The maximum Gasteiger partial charge on any atom is 0.269 e. The van der Waals surface area contributed by atoms with Crippen LogP contribution in [0.5, 0.6) is 0 Å². The minimum absolute atomic E-state index is 0.0972. The predicted octanol–water partition coefficient (Wildman–Crippen LogP) is 2.63. The van der Waals surface area contributed by atoms with Crippen LogP contribution in [0.25, 0.3) is 0 Å². The van der Waals surface area contributed by atoms with Gasteiger partial charge < -0.3 is 0 Å². The zero-order valence-electron chi connectivity index (χ0n) is 15.6. The zero-order valence-corrected chi connectivity index (χ0v) is 16.4. The number of hydrogen-bond acceptors (Lipinski definition) is 4. The molecule has 9 heteroatoms. The van der Waals surface area contributed by atoms with Gasteiger partial charge in [-0.25, -0.2) is 12.8 Å². The molecule has 0 atom stereocenters. The number of amides is 2. The molecule has 0 spiro atoms. The summed E-state index contributed by atoms with van der Waals surface area (Å²) in [5.74, 6) is -1.71. The standard InChI is InChI=1S/C21H18FN3O4S/c22-18-8-4-5-9-19(18)25-30(28,29)17-12-10-16(11-13-17)21(27)24-23-20(26)14-15-6-2-1-3-7-15/h1-13,25H,14H2,(H,23,26)(H,24,27). The average Bonchev–Trinajstić information content (AvgIpc) is 2.74. The number of sulfonamides is 1. The Morgan fingerprint density at radius 3 is 2.10 bits per heavy atom. The van der Waals surface area contributed by atoms with Crippen molar-refractivity contribution < 1.29 is 22.4 Å². The minimum Gasteiger partial charge on any atom is -0.277 e. The first-order valence-electron chi connectivity index (χ1n) is 8.86. The van der Waals surface area contributed by atoms with Gasteiger partial charge in [0.1, 0.15) is 5.82 Å². The Kier molecular flexibility index (Phi) is 6.43. The Labute approximate surface area is 173 Å². The van der Waals surface area contributed by atoms with Crippen molar-refractivity contribution in [1.29, 1.82) is 0 Å². The van der Waals surface area contributed by atoms with E-state index >= 15 is 0 Å². The number of halogens is 1. The Balaban J connectivity index is 1.60. The molecule has 7 nitrogen and oxygen atoms in total. The molecular weight excluding hydrogens is 409 g/mol. The summed E-state index contributed by atoms with van der Waals surface area (Å²) < 4.78 is 40.6. The van der Waals surface area contributed by atoms with Crippen molar-refractivity contribution in [2.45, 2.75) is 11.3 Å². The van der Waals surface area contributed by atoms with Crippen LogP contribution in [0.1, 0.15) is 15.9 Å². The first-order valence-corrected chi connectivity index (χ1v) is 10.3. The molecule has 2 amide bonds. The molecule has 0 fully saturated rings. The molecule has 0 unspecified atom stereocenters. The molecule has 30 heavy (non-hydrogen) atoms. The lowest BCUT2D eigenvalue weighted by Crippen LogP contribution is -2.42. The van der Waals surface area contributed by atoms with Crippen molar-refractivity contribution >= 4 is 27.5 Å². The molecule has 0 heterocycles. The van der Waals surface area contributed by atoms with E-state index in [-0.39, 0.29) is 22.6 Å². The highest BCUT2D eigenvalue weighted by atomic mass is 32.2. The number of carbonyl (C=O) groups excluding carboxylic acids is 2. The van der Waals surface area contributed by atoms with Crippen LogP contribution in [0.2, 0.25) is 0 Å². The number of hydrogen-bond donors (Lipinski definition) is 3. The van der Waals surface area contributed by atoms with Gasteiger partial charge in [-0.05, 0) is 42.0 Å². The number of carbonyl (C=O) groups is 2. The molecular formula is C21H18FN3O4S. The van der Waals surface area contributed by atoms with E-state index in [0.717, 1.165) is 11.6 Å². The van der Waals surface area contributed by atoms with Crippen LogP contribution in [0, 0.1) is 5.82 Å². The van der Waals surface area contributed by atoms with E-state index in [2.05, 4.69) is 15.6 Å². The number of rotatable bonds is 6. The normalized spacial score (nSPS) is 10.8. The van der Waals surface area contributed by atoms with E-state index in [9.17, 15) is 22.4 Å². The van der Waals surface area contributed by atoms with Gasteiger partial charge in [0.25, 0.3) is 15.9 Å². The lowest BCUT2D eigenvalue weighted by molar-refractivity contribution is -0.121. The van der Waals surface area contributed by atoms with E-state index in [1.165, 1.54) is 42.5 Å². The van der Waals surface area contributed by atoms with Gasteiger partial charge in [0.2, 0.25) is 5.91 Å². The molecule has 0 aliphatic rings. The van der Waals surface area contributed by atoms with Crippen LogP contribution in [-0.2, 0) is 21.2 Å². The summed E-state index contributed by atoms with van der Waals surface area (Å²) in [5, 5.41) is 0. The van der Waals surface area contributed by atoms with Crippen LogP contribution in [0.4, 0.5) is 10.1 Å². The molecule has 0 aliphatic heterocycles. The lowest BCUT2D eigenvalue weighted by Gasteiger charge is -2.10. The number of para-hydroxylation sites is 1. The van der Waals surface area contributed by atoms with Crippen molar-refractivity contribution in [2.24, 2.45) is 0 Å². The lowest BCUT2D eigenvalue weighted by atomic mass is 10.1. The van der Waals surface area contributed by atoms with Crippen LogP contribution in [-0.4, -0.2) is 20.2 Å². The molecule has 3 N–H and O–H groups in total. The zero-order chi connectivity index (χ0) is 21.6. The molecule has 3 aromatic rings. The molecule has 3 aromatic carbocycles. The van der Waals surface area contributed by atoms with Crippen molar-refractivity contribution in [1.82, 2.24) is 10.9 Å². The number of nitrogens with one attached hydrogen (secondary N) is 3. The fourth-order valence-electron chi connectivity index (χ4n) is 2.56. The highest BCUT2D eigenvalue weighted by molar-refractivity contribution is 7.92. The van der Waals surface area contributed by atoms with Crippen molar-refractivity contribution in [3.05, 3.63) is 95.8 Å². The summed E-state index contributed by atoms with van der Waals surface area (Å²) in [6.45, 7) is 0. The van der Waals surface area contributed by atoms with Gasteiger partial charge in [0, 0.05) is 5.56 Å². The van der Waals surface area contributed by atoms with Crippen LogP contribution in [0.15, 0.2) is 83.8 Å². The Bertz CT molecular complexity index is 1150. The van der Waals surface area contributed by atoms with Gasteiger partial charge in [-0.15, -0.1) is 0 Å². The number of hydrazine groups is 1. The predicted molar refractivity (Wildman–Crippen MR) is 109 cm³/mol. The van der Waals surface area contributed by atoms with Crippen molar-refractivity contribution in [3.63, 3.8) is 0 Å². The molecule has 0 aliphatic carbocycles. The van der Waals surface area contributed by atoms with Gasteiger partial charge in [0.15, 0.2) is 0 Å². The average molecular weight is 427 g/mol. The molecule has 3 rings (SSSR count). The van der Waals surface area contributed by atoms with Crippen LogP contribution >= 0.6 is 0 Å². The second-order valence-corrected chi connectivity index (χ2v) is 7.96. The van der Waals surface area contributed by atoms with Crippen molar-refractivity contribution in [2.75, 3.05) is 4.72 Å². The number of benzene rings is 3. The second-order valence-electron chi connectivity index (χ2n) is 6.27. The monoisotopic (exact) mass is 427 g/mol. The van der Waals surface area contributed by atoms with Gasteiger partial charge in [-0.1, -0.05) is 42.5 Å². The number of anilines is 1. The smallest absolute Gasteiger partial charge is 0.269 e. The quantitative estimate of drug-likeness (QED) is 0.526. The summed E-state index contributed by atoms with van der Waals surface area (Å²) in [6, 6.07) is 19.4. The maximum absolute atomic E-state index is 13.7. The third-order valence-corrected chi connectivity index (χ3v) is 5.45. The maximum atomic E-state index is 13.7. The molecule has 0 aromatic heterocycles. The first-order chi connectivity index (χ1) is 14.3. The topological polar surface area (TPSA) is 104 Å². The molecule has 0 saturated heterocycles. The minimum atomic E-state index is -4.03. The summed E-state index contributed by atoms with van der Waals surface area (Å²) in [6.07, 6.45) is 0.0972. The molecule has 0 radical (unpaired) electrons. The summed E-state index contributed by atoms with van der Waals surface area (Å²) in [7, 11) is -4.03. The summed E-state index contributed by atoms with van der Waals surface area (Å²) in [4.78, 5) is 23.9. The van der Waals surface area contributed by atoms with Gasteiger partial charge in [-0.3, -0.25) is 25.2 Å². The van der Waals surface area contributed by atoms with Gasteiger partial charge in [-0.2, -0.15) is 0 Å². The van der Waals surface area contributed by atoms with E-state index in [4.69, 9.17) is 0 Å². The molecule has 154 valence electrons. The first kappa shape index (κ1) is 21.0. The van der Waals surface area contributed by atoms with Crippen molar-refractivity contribution in [3.8, 4) is 0 Å². The highest BCUT2D eigenvalue weighted by Gasteiger charge is 2.17. The highest BCUT2D eigenvalue weighted by Crippen LogP contribution is 2.19. The fourth-order valence-corrected chi connectivity index (χ4v) is 3.62. The van der Waals surface area contributed by atoms with Crippen LogP contribution in [0.3, 0.4) is 0 Å². The Morgan fingerprint density at radius 2 is 1.43 bits per heavy atom. The summed E-state index contributed by atoms with van der Waals surface area (Å²) >= 11 is 0. The molecule has 0 saturated carbocycles. The molecule has 0 bridgehead atoms. The van der Waals surface area contributed by atoms with Crippen LogP contribution < -0.4 is 15.6 Å². The third-order valence-electron chi connectivity index (χ3n) is 4.07. The van der Waals surface area contributed by atoms with E-state index < -0.39 is 27.7 Å². The second kappa shape index (κ2) is 9.19. The third kappa shape index (κ3) is 5.42. The van der Waals surface area contributed by atoms with Gasteiger partial charge >= 0.3 is 0 Å². The van der Waals surface area contributed by atoms with E-state index in [1.54, 1.807) is 24.3 Å². The Morgan fingerprint density at radius 1 is 0.800 bits per heavy atom. The largest absolute Gasteiger partial charge is 0.277 e. The fraction of sp³-hybridized carbons (Fsp3) is 0.0476. The SMILES string of the molecule is O=C(Cc1ccccc1)NNC(=O)c1ccc(S(=O)(=O)Nc2ccccc2F)cc1.